The van der Waals surface area contributed by atoms with Gasteiger partial charge in [-0.25, -0.2) is 4.79 Å². The molecule has 0 aromatic carbocycles. The third kappa shape index (κ3) is 3.33. The first kappa shape index (κ1) is 14.7. The fourth-order valence-corrected chi connectivity index (χ4v) is 2.44. The number of hydrogen-bond donors (Lipinski definition) is 2. The molecule has 3 N–H and O–H groups in total. The van der Waals surface area contributed by atoms with Crippen LogP contribution in [-0.4, -0.2) is 42.3 Å². The van der Waals surface area contributed by atoms with Crippen LogP contribution >= 0.6 is 11.5 Å². The maximum Gasteiger partial charge on any atom is 0.344 e. The molecule has 0 amide bonds. The van der Waals surface area contributed by atoms with E-state index in [1.807, 2.05) is 4.90 Å². The number of esters is 1. The molecule has 0 radical (unpaired) electrons. The Balaban J connectivity index is 2.99. The van der Waals surface area contributed by atoms with Crippen molar-refractivity contribution in [2.24, 2.45) is 0 Å². The number of methoxy groups -OCH3 is 1. The molecule has 0 aliphatic rings. The maximum absolute atomic E-state index is 11.7. The second-order valence-corrected chi connectivity index (χ2v) is 4.56. The smallest absolute Gasteiger partial charge is 0.344 e. The van der Waals surface area contributed by atoms with Crippen molar-refractivity contribution in [3.8, 4) is 0 Å². The Labute approximate surface area is 111 Å². The Morgan fingerprint density at radius 1 is 1.56 bits per heavy atom. The van der Waals surface area contributed by atoms with E-state index in [4.69, 9.17) is 15.6 Å². The van der Waals surface area contributed by atoms with Gasteiger partial charge >= 0.3 is 5.97 Å². The van der Waals surface area contributed by atoms with E-state index in [0.29, 0.717) is 17.1 Å². The molecule has 1 aromatic heterocycles. The molecule has 0 unspecified atom stereocenters. The summed E-state index contributed by atoms with van der Waals surface area (Å²) in [6.07, 6.45) is 2.00. The highest BCUT2D eigenvalue weighted by Gasteiger charge is 2.23. The summed E-state index contributed by atoms with van der Waals surface area (Å²) in [6, 6.07) is 0. The normalized spacial score (nSPS) is 10.4. The van der Waals surface area contributed by atoms with E-state index in [2.05, 4.69) is 11.3 Å². The summed E-state index contributed by atoms with van der Waals surface area (Å²) in [4.78, 5) is 13.6. The van der Waals surface area contributed by atoms with Crippen LogP contribution in [0.2, 0.25) is 0 Å². The number of nitrogens with zero attached hydrogens (tertiary/aromatic N) is 2. The van der Waals surface area contributed by atoms with Gasteiger partial charge in [0.15, 0.2) is 5.82 Å². The summed E-state index contributed by atoms with van der Waals surface area (Å²) in [6.45, 7) is 3.30. The number of hydrogen-bond acceptors (Lipinski definition) is 7. The molecule has 0 atom stereocenters. The summed E-state index contributed by atoms with van der Waals surface area (Å²) >= 11 is 1.16. The second kappa shape index (κ2) is 7.17. The zero-order chi connectivity index (χ0) is 13.5. The van der Waals surface area contributed by atoms with Crippen LogP contribution in [0.1, 0.15) is 30.1 Å². The van der Waals surface area contributed by atoms with E-state index in [9.17, 15) is 4.79 Å². The largest absolute Gasteiger partial charge is 0.465 e. The number of rotatable bonds is 7. The molecular weight excluding hydrogens is 254 g/mol. The number of anilines is 2. The van der Waals surface area contributed by atoms with Gasteiger partial charge in [-0.15, -0.1) is 0 Å². The molecule has 1 heterocycles. The molecule has 0 bridgehead atoms. The van der Waals surface area contributed by atoms with E-state index >= 15 is 0 Å². The lowest BCUT2D eigenvalue weighted by Crippen LogP contribution is -2.28. The highest BCUT2D eigenvalue weighted by Crippen LogP contribution is 2.31. The number of ether oxygens (including phenoxy) is 1. The van der Waals surface area contributed by atoms with Crippen LogP contribution < -0.4 is 10.6 Å². The maximum atomic E-state index is 11.7. The van der Waals surface area contributed by atoms with Crippen LogP contribution in [0.25, 0.3) is 0 Å². The standard InChI is InChI=1S/C11H19N3O3S/c1-3-4-5-14(6-7-15)10-8(11(16)17-2)9(12)13-18-10/h15H,3-7H2,1-2H3,(H2,12,13). The second-order valence-electron chi connectivity index (χ2n) is 3.80. The molecule has 0 spiro atoms. The SMILES string of the molecule is CCCCN(CCO)c1snc(N)c1C(=O)OC. The van der Waals surface area contributed by atoms with E-state index in [1.165, 1.54) is 7.11 Å². The summed E-state index contributed by atoms with van der Waals surface area (Å²) in [5, 5.41) is 9.75. The van der Waals surface area contributed by atoms with Crippen molar-refractivity contribution >= 4 is 28.3 Å². The van der Waals surface area contributed by atoms with Gasteiger partial charge in [-0.1, -0.05) is 13.3 Å². The topological polar surface area (TPSA) is 88.7 Å². The lowest BCUT2D eigenvalue weighted by Gasteiger charge is -2.22. The van der Waals surface area contributed by atoms with Crippen molar-refractivity contribution in [1.82, 2.24) is 4.37 Å². The number of nitrogens with two attached hydrogens (primary N) is 1. The van der Waals surface area contributed by atoms with Crippen molar-refractivity contribution in [2.45, 2.75) is 19.8 Å². The van der Waals surface area contributed by atoms with Gasteiger partial charge in [-0.05, 0) is 18.0 Å². The number of unbranched alkanes of at least 4 members (excludes halogenated alkanes) is 1. The van der Waals surface area contributed by atoms with Gasteiger partial charge in [-0.3, -0.25) is 0 Å². The van der Waals surface area contributed by atoms with Crippen LogP contribution in [0.3, 0.4) is 0 Å². The predicted octanol–water partition coefficient (Wildman–Crippen LogP) is 1.11. The summed E-state index contributed by atoms with van der Waals surface area (Å²) in [5.74, 6) is -0.308. The first-order chi connectivity index (χ1) is 8.65. The van der Waals surface area contributed by atoms with E-state index in [0.717, 1.165) is 30.9 Å². The van der Waals surface area contributed by atoms with E-state index in [-0.39, 0.29) is 12.4 Å². The van der Waals surface area contributed by atoms with Crippen molar-refractivity contribution in [1.29, 1.82) is 0 Å². The molecule has 1 rings (SSSR count). The molecule has 6 nitrogen and oxygen atoms in total. The molecule has 18 heavy (non-hydrogen) atoms. The van der Waals surface area contributed by atoms with Gasteiger partial charge in [0.1, 0.15) is 10.6 Å². The van der Waals surface area contributed by atoms with Gasteiger partial charge in [0, 0.05) is 13.1 Å². The number of aliphatic hydroxyl groups excluding tert-OH is 1. The zero-order valence-corrected chi connectivity index (χ0v) is 11.5. The van der Waals surface area contributed by atoms with Gasteiger partial charge in [-0.2, -0.15) is 4.37 Å². The minimum atomic E-state index is -0.490. The minimum absolute atomic E-state index is 0.0160. The third-order valence-electron chi connectivity index (χ3n) is 2.53. The minimum Gasteiger partial charge on any atom is -0.465 e. The Bertz CT molecular complexity index is 395. The quantitative estimate of drug-likeness (QED) is 0.723. The van der Waals surface area contributed by atoms with Crippen LogP contribution in [0, 0.1) is 0 Å². The first-order valence-corrected chi connectivity index (χ1v) is 6.62. The molecular formula is C11H19N3O3S. The summed E-state index contributed by atoms with van der Waals surface area (Å²) < 4.78 is 8.70. The number of aromatic nitrogens is 1. The molecule has 0 saturated heterocycles. The van der Waals surface area contributed by atoms with E-state index in [1.54, 1.807) is 0 Å². The number of carbonyl (C=O) groups excluding carboxylic acids is 1. The average molecular weight is 273 g/mol. The van der Waals surface area contributed by atoms with Crippen molar-refractivity contribution < 1.29 is 14.6 Å². The molecule has 0 aliphatic heterocycles. The fourth-order valence-electron chi connectivity index (χ4n) is 1.59. The summed E-state index contributed by atoms with van der Waals surface area (Å²) in [5.41, 5.74) is 5.99. The third-order valence-corrected chi connectivity index (χ3v) is 3.45. The summed E-state index contributed by atoms with van der Waals surface area (Å²) in [7, 11) is 1.31. The molecule has 102 valence electrons. The molecule has 0 saturated carbocycles. The first-order valence-electron chi connectivity index (χ1n) is 5.84. The number of nitrogen functional groups attached to an aromatic ring is 1. The lowest BCUT2D eigenvalue weighted by atomic mass is 10.2. The Hall–Kier alpha value is -1.34. The Kier molecular flexibility index (Phi) is 5.87. The van der Waals surface area contributed by atoms with Crippen LogP contribution in [0.4, 0.5) is 10.8 Å². The Morgan fingerprint density at radius 3 is 2.83 bits per heavy atom. The van der Waals surface area contributed by atoms with Crippen molar-refractivity contribution in [3.05, 3.63) is 5.56 Å². The van der Waals surface area contributed by atoms with Crippen molar-refractivity contribution in [3.63, 3.8) is 0 Å². The molecule has 7 heteroatoms. The van der Waals surface area contributed by atoms with Crippen LogP contribution in [0.5, 0.6) is 0 Å². The predicted molar refractivity (Wildman–Crippen MR) is 72.1 cm³/mol. The number of carbonyl (C=O) groups is 1. The van der Waals surface area contributed by atoms with Crippen LogP contribution in [-0.2, 0) is 4.74 Å². The van der Waals surface area contributed by atoms with E-state index < -0.39 is 5.97 Å². The van der Waals surface area contributed by atoms with Crippen LogP contribution in [0.15, 0.2) is 0 Å². The molecule has 1 aromatic rings. The average Bonchev–Trinajstić information content (AvgIpc) is 2.75. The van der Waals surface area contributed by atoms with Gasteiger partial charge in [0.2, 0.25) is 0 Å². The van der Waals surface area contributed by atoms with Gasteiger partial charge in [0.25, 0.3) is 0 Å². The molecule has 0 aliphatic carbocycles. The highest BCUT2D eigenvalue weighted by molar-refractivity contribution is 7.11. The van der Waals surface area contributed by atoms with Gasteiger partial charge < -0.3 is 20.5 Å². The highest BCUT2D eigenvalue weighted by atomic mass is 32.1. The monoisotopic (exact) mass is 273 g/mol. The molecule has 0 fully saturated rings. The Morgan fingerprint density at radius 2 is 2.28 bits per heavy atom. The fraction of sp³-hybridized carbons (Fsp3) is 0.636. The van der Waals surface area contributed by atoms with Crippen molar-refractivity contribution in [2.75, 3.05) is 37.4 Å². The lowest BCUT2D eigenvalue weighted by molar-refractivity contribution is 0.0603. The number of aliphatic hydroxyl groups is 1. The zero-order valence-electron chi connectivity index (χ0n) is 10.7. The van der Waals surface area contributed by atoms with Gasteiger partial charge in [0.05, 0.1) is 13.7 Å².